The number of amides is 2. The zero-order valence-corrected chi connectivity index (χ0v) is 18.5. The van der Waals surface area contributed by atoms with Crippen LogP contribution in [0.25, 0.3) is 11.0 Å². The lowest BCUT2D eigenvalue weighted by atomic mass is 9.95. The molecule has 3 aromatic rings. The van der Waals surface area contributed by atoms with Gasteiger partial charge in [-0.2, -0.15) is 0 Å². The summed E-state index contributed by atoms with van der Waals surface area (Å²) in [5, 5.41) is 7.12. The molecular weight excluding hydrogens is 431 g/mol. The van der Waals surface area contributed by atoms with E-state index in [0.29, 0.717) is 33.6 Å². The first-order chi connectivity index (χ1) is 15.6. The number of ether oxygens (including phenoxy) is 1. The molecule has 32 heavy (non-hydrogen) atoms. The second-order valence-electron chi connectivity index (χ2n) is 8.39. The summed E-state index contributed by atoms with van der Waals surface area (Å²) in [5.41, 5.74) is 2.79. The largest absolute Gasteiger partial charge is 0.464 e. The van der Waals surface area contributed by atoms with E-state index in [0.717, 1.165) is 50.7 Å². The van der Waals surface area contributed by atoms with Crippen molar-refractivity contribution in [2.45, 2.75) is 51.0 Å². The number of benzene rings is 1. The first-order valence-electron chi connectivity index (χ1n) is 11.1. The lowest BCUT2D eigenvalue weighted by Gasteiger charge is -2.15. The van der Waals surface area contributed by atoms with E-state index in [-0.39, 0.29) is 30.2 Å². The molecule has 1 aliphatic heterocycles. The van der Waals surface area contributed by atoms with E-state index in [4.69, 9.17) is 9.15 Å². The number of carbonyl (C=O) groups excluding carboxylic acids is 2. The van der Waals surface area contributed by atoms with Gasteiger partial charge in [-0.25, -0.2) is 4.39 Å². The smallest absolute Gasteiger partial charge is 0.254 e. The second kappa shape index (κ2) is 9.03. The molecule has 2 N–H and O–H groups in total. The molecule has 1 fully saturated rings. The summed E-state index contributed by atoms with van der Waals surface area (Å²) in [5.74, 6) is -0.800. The fraction of sp³-hybridized carbons (Fsp3) is 0.417. The average molecular weight is 457 g/mol. The first-order valence-corrected chi connectivity index (χ1v) is 11.9. The third-order valence-electron chi connectivity index (χ3n) is 6.13. The number of halogens is 1. The molecule has 1 atom stereocenters. The third-order valence-corrected chi connectivity index (χ3v) is 7.34. The molecule has 1 saturated heterocycles. The molecule has 3 heterocycles. The minimum atomic E-state index is -0.378. The summed E-state index contributed by atoms with van der Waals surface area (Å²) >= 11 is 1.49. The molecular formula is C24H25FN2O4S. The predicted octanol–water partition coefficient (Wildman–Crippen LogP) is 4.60. The van der Waals surface area contributed by atoms with Gasteiger partial charge in [-0.15, -0.1) is 11.3 Å². The van der Waals surface area contributed by atoms with Crippen LogP contribution >= 0.6 is 11.3 Å². The summed E-state index contributed by atoms with van der Waals surface area (Å²) in [4.78, 5) is 27.1. The highest BCUT2D eigenvalue weighted by molar-refractivity contribution is 7.17. The fourth-order valence-corrected chi connectivity index (χ4v) is 5.83. The van der Waals surface area contributed by atoms with Crippen LogP contribution in [0.5, 0.6) is 0 Å². The summed E-state index contributed by atoms with van der Waals surface area (Å²) < 4.78 is 24.7. The molecule has 2 amide bonds. The van der Waals surface area contributed by atoms with Crippen molar-refractivity contribution in [3.63, 3.8) is 0 Å². The highest BCUT2D eigenvalue weighted by Crippen LogP contribution is 2.38. The zero-order chi connectivity index (χ0) is 22.1. The van der Waals surface area contributed by atoms with Crippen molar-refractivity contribution >= 4 is 39.1 Å². The van der Waals surface area contributed by atoms with Crippen LogP contribution in [0.1, 0.15) is 52.0 Å². The molecule has 1 aromatic carbocycles. The van der Waals surface area contributed by atoms with E-state index < -0.39 is 0 Å². The van der Waals surface area contributed by atoms with Gasteiger partial charge in [-0.1, -0.05) is 0 Å². The Bertz CT molecular complexity index is 1160. The molecule has 0 bridgehead atoms. The molecule has 6 nitrogen and oxygen atoms in total. The molecule has 0 radical (unpaired) electrons. The van der Waals surface area contributed by atoms with Crippen LogP contribution < -0.4 is 10.6 Å². The van der Waals surface area contributed by atoms with Crippen molar-refractivity contribution < 1.29 is 23.1 Å². The van der Waals surface area contributed by atoms with Crippen LogP contribution in [0.15, 0.2) is 28.9 Å². The standard InChI is InChI=1S/C24H25FN2O4S/c25-15-7-8-19-18(11-15)14(13-31-19)10-21(28)27-24-22(17-5-1-2-6-20(17)32-24)23(29)26-12-16-4-3-9-30-16/h7-8,11,13,16H,1-6,9-10,12H2,(H,26,29)(H,27,28). The van der Waals surface area contributed by atoms with Crippen LogP contribution in [0.2, 0.25) is 0 Å². The first kappa shape index (κ1) is 21.2. The molecule has 168 valence electrons. The van der Waals surface area contributed by atoms with E-state index in [2.05, 4.69) is 10.6 Å². The van der Waals surface area contributed by atoms with Gasteiger partial charge < -0.3 is 19.8 Å². The van der Waals surface area contributed by atoms with Crippen LogP contribution in [-0.2, 0) is 28.8 Å². The minimum absolute atomic E-state index is 0.0377. The Hall–Kier alpha value is -2.71. The quantitative estimate of drug-likeness (QED) is 0.568. The van der Waals surface area contributed by atoms with Crippen LogP contribution in [0.4, 0.5) is 9.39 Å². The number of furan rings is 1. The predicted molar refractivity (Wildman–Crippen MR) is 121 cm³/mol. The van der Waals surface area contributed by atoms with Gasteiger partial charge in [0.2, 0.25) is 5.91 Å². The zero-order valence-electron chi connectivity index (χ0n) is 17.7. The van der Waals surface area contributed by atoms with Crippen LogP contribution in [0.3, 0.4) is 0 Å². The van der Waals surface area contributed by atoms with Crippen LogP contribution in [-0.4, -0.2) is 31.1 Å². The van der Waals surface area contributed by atoms with E-state index in [1.165, 1.54) is 34.6 Å². The Morgan fingerprint density at radius 1 is 1.19 bits per heavy atom. The van der Waals surface area contributed by atoms with Gasteiger partial charge in [-0.05, 0) is 62.3 Å². The van der Waals surface area contributed by atoms with Crippen LogP contribution in [0, 0.1) is 5.82 Å². The molecule has 0 saturated carbocycles. The lowest BCUT2D eigenvalue weighted by molar-refractivity contribution is -0.115. The molecule has 5 rings (SSSR count). The number of aryl methyl sites for hydroxylation is 1. The van der Waals surface area contributed by atoms with Gasteiger partial charge in [0, 0.05) is 29.0 Å². The number of fused-ring (bicyclic) bond motifs is 2. The van der Waals surface area contributed by atoms with E-state index >= 15 is 0 Å². The summed E-state index contributed by atoms with van der Waals surface area (Å²) in [6, 6.07) is 4.25. The van der Waals surface area contributed by atoms with Gasteiger partial charge in [-0.3, -0.25) is 9.59 Å². The number of nitrogens with one attached hydrogen (secondary N) is 2. The van der Waals surface area contributed by atoms with Crippen molar-refractivity contribution in [2.24, 2.45) is 0 Å². The topological polar surface area (TPSA) is 80.6 Å². The lowest BCUT2D eigenvalue weighted by Crippen LogP contribution is -2.32. The number of hydrogen-bond donors (Lipinski definition) is 2. The van der Waals surface area contributed by atoms with Crippen molar-refractivity contribution in [2.75, 3.05) is 18.5 Å². The fourth-order valence-electron chi connectivity index (χ4n) is 4.53. The Labute approximate surface area is 189 Å². The summed E-state index contributed by atoms with van der Waals surface area (Å²) in [6.07, 6.45) is 7.44. The van der Waals surface area contributed by atoms with E-state index in [9.17, 15) is 14.0 Å². The maximum absolute atomic E-state index is 13.6. The monoisotopic (exact) mass is 456 g/mol. The number of hydrogen-bond acceptors (Lipinski definition) is 5. The Kier molecular flexibility index (Phi) is 5.97. The van der Waals surface area contributed by atoms with Crippen molar-refractivity contribution in [3.05, 3.63) is 51.8 Å². The van der Waals surface area contributed by atoms with Gasteiger partial charge >= 0.3 is 0 Å². The highest BCUT2D eigenvalue weighted by atomic mass is 32.1. The number of carbonyl (C=O) groups is 2. The highest BCUT2D eigenvalue weighted by Gasteiger charge is 2.27. The molecule has 1 aliphatic carbocycles. The Morgan fingerprint density at radius 3 is 2.91 bits per heavy atom. The molecule has 2 aliphatic rings. The number of anilines is 1. The molecule has 2 aromatic heterocycles. The third kappa shape index (κ3) is 4.29. The van der Waals surface area contributed by atoms with E-state index in [1.807, 2.05) is 0 Å². The Morgan fingerprint density at radius 2 is 2.06 bits per heavy atom. The minimum Gasteiger partial charge on any atom is -0.464 e. The van der Waals surface area contributed by atoms with Gasteiger partial charge in [0.05, 0.1) is 24.4 Å². The second-order valence-corrected chi connectivity index (χ2v) is 9.49. The van der Waals surface area contributed by atoms with Crippen molar-refractivity contribution in [3.8, 4) is 0 Å². The maximum Gasteiger partial charge on any atom is 0.254 e. The van der Waals surface area contributed by atoms with Gasteiger partial charge in [0.1, 0.15) is 16.4 Å². The number of rotatable bonds is 6. The summed E-state index contributed by atoms with van der Waals surface area (Å²) in [6.45, 7) is 1.21. The SMILES string of the molecule is O=C(Cc1coc2ccc(F)cc12)Nc1sc2c(c1C(=O)NCC1CCCO1)CCCC2. The Balaban J connectivity index is 1.35. The van der Waals surface area contributed by atoms with E-state index in [1.54, 1.807) is 6.07 Å². The molecule has 8 heteroatoms. The number of thiophene rings is 1. The maximum atomic E-state index is 13.6. The molecule has 0 spiro atoms. The van der Waals surface area contributed by atoms with Gasteiger partial charge in [0.25, 0.3) is 5.91 Å². The summed E-state index contributed by atoms with van der Waals surface area (Å²) in [7, 11) is 0. The van der Waals surface area contributed by atoms with Crippen molar-refractivity contribution in [1.82, 2.24) is 5.32 Å². The normalized spacial score (nSPS) is 18.0. The average Bonchev–Trinajstić information content (AvgIpc) is 3.51. The molecule has 1 unspecified atom stereocenters. The van der Waals surface area contributed by atoms with Crippen molar-refractivity contribution in [1.29, 1.82) is 0 Å². The van der Waals surface area contributed by atoms with Gasteiger partial charge in [0.15, 0.2) is 0 Å².